The zero-order valence-corrected chi connectivity index (χ0v) is 10.3. The number of hydrogen-bond donors (Lipinski definition) is 5. The molecular weight excluding hydrogens is 311 g/mol. The summed E-state index contributed by atoms with van der Waals surface area (Å²) in [4.78, 5) is 48.6. The van der Waals surface area contributed by atoms with Gasteiger partial charge in [-0.1, -0.05) is 0 Å². The van der Waals surface area contributed by atoms with Crippen molar-refractivity contribution in [2.24, 2.45) is 0 Å². The van der Waals surface area contributed by atoms with Gasteiger partial charge in [-0.2, -0.15) is 0 Å². The van der Waals surface area contributed by atoms with E-state index in [1.54, 1.807) is 0 Å². The number of ketones is 1. The van der Waals surface area contributed by atoms with Gasteiger partial charge in [0.25, 0.3) is 5.78 Å². The number of Topliss-reactive ketones (excluding diaryl/α,β-unsaturated/α-hetero) is 1. The number of hydrogen-bond acceptors (Lipinski definition) is 6. The van der Waals surface area contributed by atoms with Crippen molar-refractivity contribution in [3.05, 3.63) is 0 Å². The van der Waals surface area contributed by atoms with Gasteiger partial charge < -0.3 is 25.5 Å². The summed E-state index contributed by atoms with van der Waals surface area (Å²) in [5, 5.41) is 39.8. The summed E-state index contributed by atoms with van der Waals surface area (Å²) in [5.74, 6) is -7.29. The summed E-state index contributed by atoms with van der Waals surface area (Å²) in [7, 11) is 0. The van der Waals surface area contributed by atoms with Crippen LogP contribution in [0, 0.1) is 0 Å². The standard InChI is InChI=1S/C4H6O5.C4H4O5.Mn/c2*5-2(4(8)9)1-3(6)7;/h2,5H,1H2,(H,6,7)(H,8,9);1H2,(H,6,7)(H,8,9);. The summed E-state index contributed by atoms with van der Waals surface area (Å²) in [5.41, 5.74) is 0. The molecule has 11 heteroatoms. The van der Waals surface area contributed by atoms with Crippen molar-refractivity contribution in [1.29, 1.82) is 0 Å². The molecule has 0 fully saturated rings. The van der Waals surface area contributed by atoms with Gasteiger partial charge in [-0.3, -0.25) is 14.4 Å². The van der Waals surface area contributed by atoms with Crippen LogP contribution in [-0.2, 0) is 41.0 Å². The van der Waals surface area contributed by atoms with Gasteiger partial charge in [-0.25, -0.2) is 9.59 Å². The van der Waals surface area contributed by atoms with Gasteiger partial charge in [0.2, 0.25) is 0 Å². The Morgan fingerprint density at radius 3 is 1.37 bits per heavy atom. The molecule has 1 radical (unpaired) electrons. The molecule has 0 amide bonds. The second-order valence-electron chi connectivity index (χ2n) is 2.75. The number of rotatable bonds is 6. The third kappa shape index (κ3) is 16.0. The largest absolute Gasteiger partial charge is 0.481 e. The van der Waals surface area contributed by atoms with E-state index in [2.05, 4.69) is 0 Å². The van der Waals surface area contributed by atoms with E-state index < -0.39 is 48.6 Å². The van der Waals surface area contributed by atoms with Crippen LogP contribution in [0.15, 0.2) is 0 Å². The summed E-state index contributed by atoms with van der Waals surface area (Å²) in [6.07, 6.45) is -3.49. The van der Waals surface area contributed by atoms with Crippen molar-refractivity contribution in [1.82, 2.24) is 0 Å². The molecule has 109 valence electrons. The van der Waals surface area contributed by atoms with Gasteiger partial charge in [0.05, 0.1) is 6.42 Å². The molecular formula is C8H10MnO10. The predicted octanol–water partition coefficient (Wildman–Crippen LogP) is -1.98. The Morgan fingerprint density at radius 2 is 1.26 bits per heavy atom. The molecule has 1 atom stereocenters. The predicted molar refractivity (Wildman–Crippen MR) is 50.8 cm³/mol. The van der Waals surface area contributed by atoms with Crippen LogP contribution < -0.4 is 0 Å². The third-order valence-corrected chi connectivity index (χ3v) is 1.20. The fourth-order valence-corrected chi connectivity index (χ4v) is 0.466. The van der Waals surface area contributed by atoms with E-state index >= 15 is 0 Å². The molecule has 0 saturated carbocycles. The second-order valence-corrected chi connectivity index (χ2v) is 2.75. The van der Waals surface area contributed by atoms with E-state index in [9.17, 15) is 24.0 Å². The minimum Gasteiger partial charge on any atom is -0.481 e. The van der Waals surface area contributed by atoms with Crippen molar-refractivity contribution in [2.75, 3.05) is 0 Å². The summed E-state index contributed by atoms with van der Waals surface area (Å²) < 4.78 is 0. The Morgan fingerprint density at radius 1 is 0.842 bits per heavy atom. The van der Waals surface area contributed by atoms with E-state index in [0.717, 1.165) is 0 Å². The Hall–Kier alpha value is -1.97. The summed E-state index contributed by atoms with van der Waals surface area (Å²) in [6.45, 7) is 0. The molecule has 0 aromatic heterocycles. The van der Waals surface area contributed by atoms with E-state index in [0.29, 0.717) is 0 Å². The fourth-order valence-electron chi connectivity index (χ4n) is 0.466. The van der Waals surface area contributed by atoms with Crippen molar-refractivity contribution in [2.45, 2.75) is 18.9 Å². The molecule has 0 spiro atoms. The molecule has 0 bridgehead atoms. The Balaban J connectivity index is -0.000000256. The van der Waals surface area contributed by atoms with Crippen LogP contribution in [0.3, 0.4) is 0 Å². The molecule has 0 heterocycles. The van der Waals surface area contributed by atoms with Crippen molar-refractivity contribution in [3.8, 4) is 0 Å². The van der Waals surface area contributed by atoms with Gasteiger partial charge in [-0.15, -0.1) is 0 Å². The third-order valence-electron chi connectivity index (χ3n) is 1.20. The first-order chi connectivity index (χ1) is 8.07. The van der Waals surface area contributed by atoms with E-state index in [4.69, 9.17) is 25.5 Å². The molecule has 10 nitrogen and oxygen atoms in total. The van der Waals surface area contributed by atoms with Crippen LogP contribution in [0.2, 0.25) is 0 Å². The van der Waals surface area contributed by atoms with Crippen molar-refractivity contribution >= 4 is 29.7 Å². The number of carbonyl (C=O) groups is 5. The van der Waals surface area contributed by atoms with Crippen molar-refractivity contribution < 1.29 is 66.6 Å². The molecule has 0 aromatic carbocycles. The minimum atomic E-state index is -1.79. The second kappa shape index (κ2) is 11.1. The average Bonchev–Trinajstić information content (AvgIpc) is 2.16. The first kappa shape index (κ1) is 22.2. The molecule has 5 N–H and O–H groups in total. The molecule has 0 saturated heterocycles. The van der Waals surface area contributed by atoms with Crippen LogP contribution >= 0.6 is 0 Å². The van der Waals surface area contributed by atoms with E-state index in [1.165, 1.54) is 0 Å². The van der Waals surface area contributed by atoms with E-state index in [-0.39, 0.29) is 17.1 Å². The van der Waals surface area contributed by atoms with Gasteiger partial charge in [0, 0.05) is 17.1 Å². The number of aliphatic carboxylic acids is 4. The molecule has 0 aromatic rings. The molecule has 0 aliphatic rings. The van der Waals surface area contributed by atoms with Crippen LogP contribution in [-0.4, -0.2) is 61.3 Å². The van der Waals surface area contributed by atoms with Crippen LogP contribution in [0.4, 0.5) is 0 Å². The molecule has 0 aliphatic heterocycles. The molecule has 1 unspecified atom stereocenters. The quantitative estimate of drug-likeness (QED) is 0.208. The monoisotopic (exact) mass is 321 g/mol. The Kier molecular flexibility index (Phi) is 13.0. The normalized spacial score (nSPS) is 9.95. The number of aliphatic hydroxyl groups is 1. The number of aliphatic hydroxyl groups excluding tert-OH is 1. The van der Waals surface area contributed by atoms with Gasteiger partial charge in [0.15, 0.2) is 6.10 Å². The Bertz CT molecular complexity index is 363. The summed E-state index contributed by atoms with van der Waals surface area (Å²) in [6, 6.07) is 0. The maximum atomic E-state index is 9.97. The van der Waals surface area contributed by atoms with Crippen LogP contribution in [0.1, 0.15) is 12.8 Å². The zero-order chi connectivity index (χ0) is 14.9. The number of carboxylic acid groups (broad SMARTS) is 4. The van der Waals surface area contributed by atoms with Gasteiger partial charge >= 0.3 is 23.9 Å². The fraction of sp³-hybridized carbons (Fsp3) is 0.375. The van der Waals surface area contributed by atoms with Crippen LogP contribution in [0.25, 0.3) is 0 Å². The molecule has 0 rings (SSSR count). The SMILES string of the molecule is O=C(O)CC(=O)C(=O)O.O=C(O)CC(O)C(=O)O.[Mn]. The first-order valence-electron chi connectivity index (χ1n) is 4.18. The van der Waals surface area contributed by atoms with E-state index in [1.807, 2.05) is 0 Å². The number of carboxylic acids is 4. The van der Waals surface area contributed by atoms with Gasteiger partial charge in [-0.05, 0) is 0 Å². The van der Waals surface area contributed by atoms with Gasteiger partial charge in [0.1, 0.15) is 6.42 Å². The smallest absolute Gasteiger partial charge is 0.372 e. The summed E-state index contributed by atoms with van der Waals surface area (Å²) >= 11 is 0. The first-order valence-corrected chi connectivity index (χ1v) is 4.18. The van der Waals surface area contributed by atoms with Crippen molar-refractivity contribution in [3.63, 3.8) is 0 Å². The maximum absolute atomic E-state index is 9.97. The Labute approximate surface area is 116 Å². The number of carbonyl (C=O) groups excluding carboxylic acids is 1. The zero-order valence-electron chi connectivity index (χ0n) is 9.15. The maximum Gasteiger partial charge on any atom is 0.372 e. The van der Waals surface area contributed by atoms with Crippen LogP contribution in [0.5, 0.6) is 0 Å². The average molecular weight is 321 g/mol. The topological polar surface area (TPSA) is 186 Å². The minimum absolute atomic E-state index is 0. The molecule has 19 heavy (non-hydrogen) atoms. The molecule has 0 aliphatic carbocycles.